The molecule has 8 nitrogen and oxygen atoms in total. The minimum atomic E-state index is -0.406. The van der Waals surface area contributed by atoms with Gasteiger partial charge in [-0.05, 0) is 86.5 Å². The molecule has 0 atom stereocenters. The summed E-state index contributed by atoms with van der Waals surface area (Å²) in [5.41, 5.74) is 8.88. The van der Waals surface area contributed by atoms with E-state index < -0.39 is 4.92 Å². The second-order valence-corrected chi connectivity index (χ2v) is 8.17. The van der Waals surface area contributed by atoms with Crippen LogP contribution in [0, 0.1) is 24.0 Å². The van der Waals surface area contributed by atoms with Gasteiger partial charge in [0.1, 0.15) is 5.75 Å². The van der Waals surface area contributed by atoms with Crippen molar-refractivity contribution < 1.29 is 14.5 Å². The fourth-order valence-electron chi connectivity index (χ4n) is 3.99. The molecule has 4 rings (SSSR count). The Hall–Kier alpha value is -4.72. The van der Waals surface area contributed by atoms with Crippen molar-refractivity contribution in [1.82, 2.24) is 9.99 Å². The summed E-state index contributed by atoms with van der Waals surface area (Å²) in [5, 5.41) is 15.0. The molecule has 0 unspecified atom stereocenters. The van der Waals surface area contributed by atoms with E-state index in [-0.39, 0.29) is 11.6 Å². The summed E-state index contributed by atoms with van der Waals surface area (Å²) in [5.74, 6) is 0.413. The van der Waals surface area contributed by atoms with Crippen LogP contribution in [-0.2, 0) is 0 Å². The van der Waals surface area contributed by atoms with Crippen LogP contribution in [0.5, 0.6) is 5.75 Å². The number of nitro groups is 1. The summed E-state index contributed by atoms with van der Waals surface area (Å²) in [4.78, 5) is 22.9. The summed E-state index contributed by atoms with van der Waals surface area (Å²) in [6.07, 6.45) is 1.64. The molecule has 1 amide bonds. The van der Waals surface area contributed by atoms with E-state index >= 15 is 0 Å². The van der Waals surface area contributed by atoms with Crippen LogP contribution in [-0.4, -0.2) is 28.2 Å². The Bertz CT molecular complexity index is 1400. The third-order valence-electron chi connectivity index (χ3n) is 5.80. The van der Waals surface area contributed by atoms with E-state index in [4.69, 9.17) is 4.74 Å². The SMILES string of the molecule is CCOc1ccc(C(=O)N/N=C\c2cc(C)n(-c3ccc(-c4ccc([N+](=O)[O-])cc4)cc3)c2C)cc1. The molecule has 0 saturated heterocycles. The Morgan fingerprint density at radius 1 is 1.00 bits per heavy atom. The van der Waals surface area contributed by atoms with Crippen LogP contribution >= 0.6 is 0 Å². The van der Waals surface area contributed by atoms with Crippen molar-refractivity contribution in [3.8, 4) is 22.6 Å². The Labute approximate surface area is 209 Å². The lowest BCUT2D eigenvalue weighted by molar-refractivity contribution is -0.384. The maximum Gasteiger partial charge on any atom is 0.271 e. The van der Waals surface area contributed by atoms with Gasteiger partial charge in [0.15, 0.2) is 0 Å². The minimum absolute atomic E-state index is 0.0684. The number of aryl methyl sites for hydroxylation is 1. The molecule has 182 valence electrons. The zero-order valence-electron chi connectivity index (χ0n) is 20.3. The molecule has 1 aromatic heterocycles. The first-order valence-electron chi connectivity index (χ1n) is 11.5. The lowest BCUT2D eigenvalue weighted by atomic mass is 10.0. The molecule has 0 fully saturated rings. The summed E-state index contributed by atoms with van der Waals surface area (Å²) < 4.78 is 7.50. The first kappa shape index (κ1) is 24.4. The van der Waals surface area contributed by atoms with Gasteiger partial charge < -0.3 is 9.30 Å². The maximum atomic E-state index is 12.4. The van der Waals surface area contributed by atoms with Gasteiger partial charge in [-0.25, -0.2) is 5.43 Å². The average Bonchev–Trinajstić information content (AvgIpc) is 3.17. The molecule has 1 N–H and O–H groups in total. The smallest absolute Gasteiger partial charge is 0.271 e. The number of hydrazone groups is 1. The van der Waals surface area contributed by atoms with Gasteiger partial charge in [0.25, 0.3) is 11.6 Å². The first-order chi connectivity index (χ1) is 17.4. The number of aromatic nitrogens is 1. The fourth-order valence-corrected chi connectivity index (χ4v) is 3.99. The monoisotopic (exact) mass is 482 g/mol. The molecule has 0 saturated carbocycles. The molecule has 0 aliphatic rings. The highest BCUT2D eigenvalue weighted by Gasteiger charge is 2.11. The summed E-state index contributed by atoms with van der Waals surface area (Å²) >= 11 is 0. The topological polar surface area (TPSA) is 98.8 Å². The maximum absolute atomic E-state index is 12.4. The van der Waals surface area contributed by atoms with Crippen LogP contribution in [0.4, 0.5) is 5.69 Å². The molecule has 0 aliphatic heterocycles. The molecule has 8 heteroatoms. The zero-order chi connectivity index (χ0) is 25.7. The highest BCUT2D eigenvalue weighted by Crippen LogP contribution is 2.26. The summed E-state index contributed by atoms with van der Waals surface area (Å²) in [6.45, 7) is 6.47. The van der Waals surface area contributed by atoms with E-state index in [0.717, 1.165) is 33.8 Å². The van der Waals surface area contributed by atoms with Gasteiger partial charge in [-0.1, -0.05) is 12.1 Å². The average molecular weight is 483 g/mol. The van der Waals surface area contributed by atoms with Gasteiger partial charge in [-0.15, -0.1) is 0 Å². The predicted octanol–water partition coefficient (Wildman–Crippen LogP) is 5.83. The highest BCUT2D eigenvalue weighted by atomic mass is 16.6. The van der Waals surface area contributed by atoms with Gasteiger partial charge in [0.05, 0.1) is 17.7 Å². The third kappa shape index (κ3) is 5.33. The number of carbonyl (C=O) groups excluding carboxylic acids is 1. The van der Waals surface area contributed by atoms with Crippen LogP contribution in [0.3, 0.4) is 0 Å². The molecular formula is C28H26N4O4. The second kappa shape index (κ2) is 10.7. The predicted molar refractivity (Wildman–Crippen MR) is 140 cm³/mol. The number of rotatable bonds is 8. The standard InChI is InChI=1S/C28H26N4O4/c1-4-36-27-15-9-23(10-16-27)28(33)30-29-18-24-17-19(2)31(20(24)3)25-11-5-21(6-12-25)22-7-13-26(14-8-22)32(34)35/h5-18H,4H2,1-3H3,(H,30,33)/b29-18-. The van der Waals surface area contributed by atoms with E-state index in [1.807, 2.05) is 51.1 Å². The minimum Gasteiger partial charge on any atom is -0.494 e. The van der Waals surface area contributed by atoms with Crippen molar-refractivity contribution in [2.24, 2.45) is 5.10 Å². The normalized spacial score (nSPS) is 11.0. The van der Waals surface area contributed by atoms with E-state index in [0.29, 0.717) is 17.9 Å². The number of ether oxygens (including phenoxy) is 1. The highest BCUT2D eigenvalue weighted by molar-refractivity contribution is 5.95. The molecule has 0 bridgehead atoms. The number of nitrogens with zero attached hydrogens (tertiary/aromatic N) is 3. The van der Waals surface area contributed by atoms with Crippen molar-refractivity contribution >= 4 is 17.8 Å². The van der Waals surface area contributed by atoms with Crippen molar-refractivity contribution in [1.29, 1.82) is 0 Å². The third-order valence-corrected chi connectivity index (χ3v) is 5.80. The zero-order valence-corrected chi connectivity index (χ0v) is 20.3. The number of non-ortho nitro benzene ring substituents is 1. The van der Waals surface area contributed by atoms with Gasteiger partial charge >= 0.3 is 0 Å². The number of nitro benzene ring substituents is 1. The molecule has 1 heterocycles. The number of hydrogen-bond acceptors (Lipinski definition) is 5. The number of amides is 1. The first-order valence-corrected chi connectivity index (χ1v) is 11.5. The molecular weight excluding hydrogens is 456 g/mol. The van der Waals surface area contributed by atoms with Gasteiger partial charge in [0, 0.05) is 40.3 Å². The molecule has 0 aliphatic carbocycles. The Morgan fingerprint density at radius 3 is 2.19 bits per heavy atom. The van der Waals surface area contributed by atoms with Crippen molar-refractivity contribution in [2.45, 2.75) is 20.8 Å². The van der Waals surface area contributed by atoms with Crippen molar-refractivity contribution in [3.63, 3.8) is 0 Å². The van der Waals surface area contributed by atoms with Gasteiger partial charge in [-0.3, -0.25) is 14.9 Å². The van der Waals surface area contributed by atoms with Crippen LogP contribution in [0.25, 0.3) is 16.8 Å². The van der Waals surface area contributed by atoms with Crippen LogP contribution in [0.2, 0.25) is 0 Å². The Morgan fingerprint density at radius 2 is 1.61 bits per heavy atom. The van der Waals surface area contributed by atoms with Crippen LogP contribution in [0.1, 0.15) is 34.2 Å². The summed E-state index contributed by atoms with van der Waals surface area (Å²) in [6, 6.07) is 23.4. The molecule has 0 spiro atoms. The molecule has 4 aromatic rings. The Balaban J connectivity index is 1.46. The van der Waals surface area contributed by atoms with Gasteiger partial charge in [-0.2, -0.15) is 5.10 Å². The van der Waals surface area contributed by atoms with Crippen molar-refractivity contribution in [3.05, 3.63) is 111 Å². The largest absolute Gasteiger partial charge is 0.494 e. The molecule has 36 heavy (non-hydrogen) atoms. The quantitative estimate of drug-likeness (QED) is 0.194. The number of benzene rings is 3. The van der Waals surface area contributed by atoms with Crippen molar-refractivity contribution in [2.75, 3.05) is 6.61 Å². The van der Waals surface area contributed by atoms with E-state index in [2.05, 4.69) is 15.1 Å². The lowest BCUT2D eigenvalue weighted by Gasteiger charge is -2.11. The number of carbonyl (C=O) groups is 1. The number of nitrogens with one attached hydrogen (secondary N) is 1. The van der Waals surface area contributed by atoms with Crippen LogP contribution < -0.4 is 10.2 Å². The summed E-state index contributed by atoms with van der Waals surface area (Å²) in [7, 11) is 0. The number of hydrogen-bond donors (Lipinski definition) is 1. The van der Waals surface area contributed by atoms with Gasteiger partial charge in [0.2, 0.25) is 0 Å². The second-order valence-electron chi connectivity index (χ2n) is 8.17. The van der Waals surface area contributed by atoms with E-state index in [1.54, 1.807) is 42.6 Å². The molecule has 3 aromatic carbocycles. The van der Waals surface area contributed by atoms with E-state index in [9.17, 15) is 14.9 Å². The molecule has 0 radical (unpaired) electrons. The van der Waals surface area contributed by atoms with Crippen LogP contribution in [0.15, 0.2) is 84.0 Å². The lowest BCUT2D eigenvalue weighted by Crippen LogP contribution is -2.17. The fraction of sp³-hybridized carbons (Fsp3) is 0.143. The Kier molecular flexibility index (Phi) is 7.25. The van der Waals surface area contributed by atoms with E-state index in [1.165, 1.54) is 12.1 Å².